The number of hydrogen-bond acceptors (Lipinski definition) is 10. The molecular weight excluding hydrogens is 502 g/mol. The van der Waals surface area contributed by atoms with Crippen molar-refractivity contribution < 1.29 is 13.2 Å². The standard InChI is InChI=1S/C27H35N7O3S/c1-16(2)21-10-30-26(34-12-19(17(34)3)15-38(4,35)36)22-11-29-25(9-20(21)22)31-24-5-7-28-27(32-24)33-8-6-18-13-37-14-23(18)33/h5,7,9-11,16-19,23H,6,8,12-15H2,1-4H3,(H,28,29,31,32)/t17-,18-,19-,23+/m1/s1. The van der Waals surface area contributed by atoms with Crippen LogP contribution in [0.1, 0.15) is 38.7 Å². The molecule has 10 nitrogen and oxygen atoms in total. The average molecular weight is 538 g/mol. The molecule has 6 heterocycles. The second-order valence-electron chi connectivity index (χ2n) is 11.3. The lowest BCUT2D eigenvalue weighted by molar-refractivity contribution is 0.179. The van der Waals surface area contributed by atoms with Gasteiger partial charge in [-0.3, -0.25) is 0 Å². The van der Waals surface area contributed by atoms with Gasteiger partial charge in [-0.15, -0.1) is 0 Å². The molecule has 0 unspecified atom stereocenters. The van der Waals surface area contributed by atoms with Crippen molar-refractivity contribution in [3.05, 3.63) is 36.3 Å². The van der Waals surface area contributed by atoms with Gasteiger partial charge in [0.15, 0.2) is 0 Å². The molecule has 0 spiro atoms. The van der Waals surface area contributed by atoms with Crippen LogP contribution in [-0.4, -0.2) is 78.7 Å². The Bertz CT molecular complexity index is 1460. The number of ether oxygens (including phenoxy) is 1. The molecular formula is C27H35N7O3S. The summed E-state index contributed by atoms with van der Waals surface area (Å²) >= 11 is 0. The Hall–Kier alpha value is -3.05. The second kappa shape index (κ2) is 9.60. The first-order valence-corrected chi connectivity index (χ1v) is 15.4. The van der Waals surface area contributed by atoms with E-state index in [2.05, 4.69) is 46.9 Å². The molecule has 3 aromatic heterocycles. The molecule has 202 valence electrons. The molecule has 0 amide bonds. The van der Waals surface area contributed by atoms with Crippen LogP contribution in [0.3, 0.4) is 0 Å². The van der Waals surface area contributed by atoms with Gasteiger partial charge in [-0.2, -0.15) is 4.98 Å². The van der Waals surface area contributed by atoms with Crippen molar-refractivity contribution in [2.45, 2.75) is 45.2 Å². The predicted molar refractivity (Wildman–Crippen MR) is 149 cm³/mol. The molecule has 1 N–H and O–H groups in total. The van der Waals surface area contributed by atoms with Crippen LogP contribution in [-0.2, 0) is 14.6 Å². The summed E-state index contributed by atoms with van der Waals surface area (Å²) in [6.45, 7) is 9.56. The number of nitrogens with zero attached hydrogens (tertiary/aromatic N) is 6. The van der Waals surface area contributed by atoms with E-state index in [0.29, 0.717) is 30.1 Å². The summed E-state index contributed by atoms with van der Waals surface area (Å²) in [5.74, 6) is 4.13. The number of nitrogens with one attached hydrogen (secondary N) is 1. The number of anilines is 4. The average Bonchev–Trinajstić information content (AvgIpc) is 3.49. The van der Waals surface area contributed by atoms with E-state index in [1.165, 1.54) is 6.26 Å². The molecule has 3 aliphatic heterocycles. The molecule has 11 heteroatoms. The van der Waals surface area contributed by atoms with Crippen LogP contribution >= 0.6 is 0 Å². The first-order chi connectivity index (χ1) is 18.2. The first-order valence-electron chi connectivity index (χ1n) is 13.4. The van der Waals surface area contributed by atoms with Gasteiger partial charge in [-0.1, -0.05) is 13.8 Å². The van der Waals surface area contributed by atoms with Crippen molar-refractivity contribution in [2.24, 2.45) is 11.8 Å². The van der Waals surface area contributed by atoms with Crippen LogP contribution in [0.25, 0.3) is 10.8 Å². The number of sulfone groups is 1. The maximum Gasteiger partial charge on any atom is 0.227 e. The van der Waals surface area contributed by atoms with Crippen molar-refractivity contribution in [1.29, 1.82) is 0 Å². The number of rotatable bonds is 7. The highest BCUT2D eigenvalue weighted by atomic mass is 32.2. The largest absolute Gasteiger partial charge is 0.379 e. The molecule has 38 heavy (non-hydrogen) atoms. The minimum atomic E-state index is -3.02. The lowest BCUT2D eigenvalue weighted by Crippen LogP contribution is -2.57. The van der Waals surface area contributed by atoms with E-state index < -0.39 is 9.84 Å². The molecule has 0 radical (unpaired) electrons. The molecule has 3 fully saturated rings. The SMILES string of the molecule is CC(C)c1cnc(N2C[C@H](CS(C)(=O)=O)[C@H]2C)c2cnc(Nc3ccnc(N4CC[C@@H]5COC[C@@H]54)n3)cc12. The maximum atomic E-state index is 11.8. The minimum absolute atomic E-state index is 0.0954. The zero-order chi connectivity index (χ0) is 26.6. The van der Waals surface area contributed by atoms with Crippen LogP contribution in [0.2, 0.25) is 0 Å². The third-order valence-electron chi connectivity index (χ3n) is 8.26. The Morgan fingerprint density at radius 2 is 1.95 bits per heavy atom. The third kappa shape index (κ3) is 4.66. The molecule has 0 saturated carbocycles. The zero-order valence-electron chi connectivity index (χ0n) is 22.3. The number of hydrogen-bond donors (Lipinski definition) is 1. The monoisotopic (exact) mass is 537 g/mol. The summed E-state index contributed by atoms with van der Waals surface area (Å²) in [7, 11) is -3.02. The van der Waals surface area contributed by atoms with Crippen molar-refractivity contribution in [3.8, 4) is 0 Å². The summed E-state index contributed by atoms with van der Waals surface area (Å²) < 4.78 is 29.3. The highest BCUT2D eigenvalue weighted by Gasteiger charge is 2.40. The van der Waals surface area contributed by atoms with E-state index in [4.69, 9.17) is 19.7 Å². The van der Waals surface area contributed by atoms with Gasteiger partial charge in [0.2, 0.25) is 5.95 Å². The van der Waals surface area contributed by atoms with Crippen molar-refractivity contribution >= 4 is 44.0 Å². The normalized spacial score (nSPS) is 25.2. The van der Waals surface area contributed by atoms with Gasteiger partial charge in [-0.05, 0) is 42.3 Å². The van der Waals surface area contributed by atoms with E-state index in [0.717, 1.165) is 54.3 Å². The number of fused-ring (bicyclic) bond motifs is 2. The van der Waals surface area contributed by atoms with Crippen LogP contribution in [0, 0.1) is 11.8 Å². The Labute approximate surface area is 223 Å². The van der Waals surface area contributed by atoms with E-state index in [1.807, 2.05) is 18.5 Å². The number of pyridine rings is 2. The van der Waals surface area contributed by atoms with Gasteiger partial charge in [-0.25, -0.2) is 23.4 Å². The van der Waals surface area contributed by atoms with E-state index in [9.17, 15) is 8.42 Å². The summed E-state index contributed by atoms with van der Waals surface area (Å²) in [5.41, 5.74) is 1.14. The lowest BCUT2D eigenvalue weighted by atomic mass is 9.90. The summed E-state index contributed by atoms with van der Waals surface area (Å²) in [6.07, 6.45) is 8.01. The molecule has 0 aromatic carbocycles. The van der Waals surface area contributed by atoms with E-state index in [1.54, 1.807) is 6.20 Å². The quantitative estimate of drug-likeness (QED) is 0.481. The molecule has 3 saturated heterocycles. The summed E-state index contributed by atoms with van der Waals surface area (Å²) in [6, 6.07) is 4.37. The molecule has 0 bridgehead atoms. The van der Waals surface area contributed by atoms with Gasteiger partial charge in [0, 0.05) is 61.2 Å². The lowest BCUT2D eigenvalue weighted by Gasteiger charge is -2.47. The second-order valence-corrected chi connectivity index (χ2v) is 13.5. The fourth-order valence-electron chi connectivity index (χ4n) is 6.06. The van der Waals surface area contributed by atoms with Gasteiger partial charge in [0.25, 0.3) is 0 Å². The highest BCUT2D eigenvalue weighted by molar-refractivity contribution is 7.90. The van der Waals surface area contributed by atoms with Crippen LogP contribution in [0.5, 0.6) is 0 Å². The van der Waals surface area contributed by atoms with Gasteiger partial charge >= 0.3 is 0 Å². The fourth-order valence-corrected chi connectivity index (χ4v) is 7.22. The molecule has 6 rings (SSSR count). The Balaban J connectivity index is 1.28. The van der Waals surface area contributed by atoms with Crippen molar-refractivity contribution in [1.82, 2.24) is 19.9 Å². The van der Waals surface area contributed by atoms with Crippen molar-refractivity contribution in [3.63, 3.8) is 0 Å². The smallest absolute Gasteiger partial charge is 0.227 e. The van der Waals surface area contributed by atoms with Gasteiger partial charge < -0.3 is 19.9 Å². The van der Waals surface area contributed by atoms with Crippen LogP contribution < -0.4 is 15.1 Å². The van der Waals surface area contributed by atoms with E-state index >= 15 is 0 Å². The predicted octanol–water partition coefficient (Wildman–Crippen LogP) is 3.38. The van der Waals surface area contributed by atoms with Gasteiger partial charge in [0.05, 0.1) is 25.0 Å². The molecule has 3 aromatic rings. The molecule has 3 aliphatic rings. The number of aromatic nitrogens is 4. The van der Waals surface area contributed by atoms with Crippen molar-refractivity contribution in [2.75, 3.05) is 53.4 Å². The fraction of sp³-hybridized carbons (Fsp3) is 0.556. The first kappa shape index (κ1) is 25.2. The summed E-state index contributed by atoms with van der Waals surface area (Å²) in [4.78, 5) is 23.3. The Morgan fingerprint density at radius 3 is 2.71 bits per heavy atom. The Morgan fingerprint density at radius 1 is 1.11 bits per heavy atom. The minimum Gasteiger partial charge on any atom is -0.379 e. The zero-order valence-corrected chi connectivity index (χ0v) is 23.1. The van der Waals surface area contributed by atoms with Crippen LogP contribution in [0.15, 0.2) is 30.7 Å². The van der Waals surface area contributed by atoms with E-state index in [-0.39, 0.29) is 23.6 Å². The Kier molecular flexibility index (Phi) is 6.38. The molecule has 4 atom stereocenters. The molecule has 0 aliphatic carbocycles. The third-order valence-corrected chi connectivity index (χ3v) is 9.29. The van der Waals surface area contributed by atoms with Gasteiger partial charge in [0.1, 0.15) is 27.3 Å². The van der Waals surface area contributed by atoms with Crippen LogP contribution in [0.4, 0.5) is 23.4 Å². The highest BCUT2D eigenvalue weighted by Crippen LogP contribution is 2.38. The summed E-state index contributed by atoms with van der Waals surface area (Å²) in [5, 5.41) is 5.44. The topological polar surface area (TPSA) is 113 Å². The maximum absolute atomic E-state index is 11.8.